The molecule has 1 aromatic carbocycles. The van der Waals surface area contributed by atoms with Gasteiger partial charge in [0.25, 0.3) is 0 Å². The summed E-state index contributed by atoms with van der Waals surface area (Å²) in [6.45, 7) is 4.71. The highest BCUT2D eigenvalue weighted by molar-refractivity contribution is 6.00. The third-order valence-electron chi connectivity index (χ3n) is 4.39. The normalized spacial score (nSPS) is 11.5. The first-order chi connectivity index (χ1) is 13.7. The van der Waals surface area contributed by atoms with Gasteiger partial charge in [0.15, 0.2) is 11.5 Å². The van der Waals surface area contributed by atoms with Crippen LogP contribution >= 0.6 is 0 Å². The second kappa shape index (κ2) is 6.41. The highest BCUT2D eigenvalue weighted by Gasteiger charge is 2.19. The number of hydrogen-bond acceptors (Lipinski definition) is 8. The fourth-order valence-electron chi connectivity index (χ4n) is 3.12. The molecule has 4 aromatic heterocycles. The number of fused-ring (bicyclic) bond motifs is 3. The van der Waals surface area contributed by atoms with Crippen LogP contribution in [0.3, 0.4) is 0 Å². The zero-order valence-corrected chi connectivity index (χ0v) is 15.3. The van der Waals surface area contributed by atoms with Gasteiger partial charge in [-0.1, -0.05) is 34.5 Å². The van der Waals surface area contributed by atoms with Crippen LogP contribution in [0.25, 0.3) is 27.9 Å². The molecule has 0 fully saturated rings. The van der Waals surface area contributed by atoms with Crippen molar-refractivity contribution in [3.8, 4) is 17.5 Å². The molecule has 28 heavy (non-hydrogen) atoms. The van der Waals surface area contributed by atoms with Crippen molar-refractivity contribution in [1.82, 2.24) is 39.7 Å². The number of rotatable bonds is 5. The van der Waals surface area contributed by atoms with E-state index in [0.29, 0.717) is 29.4 Å². The lowest BCUT2D eigenvalue weighted by molar-refractivity contribution is 0.260. The molecule has 10 heteroatoms. The summed E-state index contributed by atoms with van der Waals surface area (Å²) in [5, 5.41) is 23.2. The summed E-state index contributed by atoms with van der Waals surface area (Å²) in [6, 6.07) is 9.94. The minimum Gasteiger partial charge on any atom is -0.456 e. The molecule has 0 saturated heterocycles. The van der Waals surface area contributed by atoms with Gasteiger partial charge >= 0.3 is 6.01 Å². The second-order valence-electron chi connectivity index (χ2n) is 6.23. The topological polar surface area (TPSA) is 109 Å². The summed E-state index contributed by atoms with van der Waals surface area (Å²) in [4.78, 5) is 4.40. The Morgan fingerprint density at radius 3 is 2.79 bits per heavy atom. The van der Waals surface area contributed by atoms with E-state index in [1.54, 1.807) is 15.3 Å². The highest BCUT2D eigenvalue weighted by Crippen LogP contribution is 2.29. The van der Waals surface area contributed by atoms with Gasteiger partial charge in [0, 0.05) is 23.4 Å². The summed E-state index contributed by atoms with van der Waals surface area (Å²) < 4.78 is 14.2. The maximum atomic E-state index is 5.80. The van der Waals surface area contributed by atoms with Crippen LogP contribution in [-0.4, -0.2) is 39.7 Å². The maximum absolute atomic E-state index is 5.80. The molecule has 0 saturated carbocycles. The predicted octanol–water partition coefficient (Wildman–Crippen LogP) is 2.43. The third-order valence-corrected chi connectivity index (χ3v) is 4.39. The zero-order valence-electron chi connectivity index (χ0n) is 15.3. The van der Waals surface area contributed by atoms with E-state index in [4.69, 9.17) is 14.4 Å². The van der Waals surface area contributed by atoms with Gasteiger partial charge in [-0.2, -0.15) is 14.7 Å². The van der Waals surface area contributed by atoms with Crippen molar-refractivity contribution in [3.63, 3.8) is 0 Å². The fraction of sp³-hybridized carbons (Fsp3) is 0.222. The summed E-state index contributed by atoms with van der Waals surface area (Å²) in [7, 11) is 0. The number of hydrogen-bond donors (Lipinski definition) is 0. The van der Waals surface area contributed by atoms with E-state index >= 15 is 0 Å². The largest absolute Gasteiger partial charge is 0.456 e. The van der Waals surface area contributed by atoms with E-state index in [0.717, 1.165) is 16.5 Å². The van der Waals surface area contributed by atoms with Gasteiger partial charge in [-0.15, -0.1) is 5.10 Å². The number of ether oxygens (including phenoxy) is 1. The van der Waals surface area contributed by atoms with Gasteiger partial charge in [0.05, 0.1) is 0 Å². The highest BCUT2D eigenvalue weighted by atomic mass is 16.5. The number of nitrogens with zero attached hydrogens (tertiary/aromatic N) is 8. The van der Waals surface area contributed by atoms with Crippen molar-refractivity contribution in [1.29, 1.82) is 0 Å². The number of benzene rings is 1. The fourth-order valence-corrected chi connectivity index (χ4v) is 3.12. The molecular weight excluding hydrogens is 360 g/mol. The van der Waals surface area contributed by atoms with E-state index in [1.807, 2.05) is 38.1 Å². The molecule has 140 valence electrons. The van der Waals surface area contributed by atoms with Crippen molar-refractivity contribution >= 4 is 16.4 Å². The molecule has 0 aliphatic heterocycles. The number of aromatic nitrogens is 8. The summed E-state index contributed by atoms with van der Waals surface area (Å²) in [6.07, 6.45) is 1.52. The Morgan fingerprint density at radius 1 is 1.14 bits per heavy atom. The molecule has 5 aromatic rings. The van der Waals surface area contributed by atoms with Crippen molar-refractivity contribution < 1.29 is 9.26 Å². The first kappa shape index (κ1) is 16.4. The van der Waals surface area contributed by atoms with E-state index < -0.39 is 0 Å². The molecule has 5 rings (SSSR count). The predicted molar refractivity (Wildman–Crippen MR) is 98.6 cm³/mol. The minimum atomic E-state index is 0.202. The first-order valence-corrected chi connectivity index (χ1v) is 8.82. The van der Waals surface area contributed by atoms with Crippen molar-refractivity contribution in [2.75, 3.05) is 0 Å². The summed E-state index contributed by atoms with van der Waals surface area (Å²) in [5.41, 5.74) is 1.96. The third kappa shape index (κ3) is 2.57. The Kier molecular flexibility index (Phi) is 3.75. The Morgan fingerprint density at radius 2 is 2.00 bits per heavy atom. The van der Waals surface area contributed by atoms with E-state index in [-0.39, 0.29) is 12.6 Å². The molecule has 0 N–H and O–H groups in total. The van der Waals surface area contributed by atoms with Crippen molar-refractivity contribution in [3.05, 3.63) is 48.1 Å². The van der Waals surface area contributed by atoms with Gasteiger partial charge in [0.1, 0.15) is 30.1 Å². The van der Waals surface area contributed by atoms with Gasteiger partial charge in [-0.05, 0) is 13.8 Å². The van der Waals surface area contributed by atoms with Crippen LogP contribution in [0, 0.1) is 6.92 Å². The minimum absolute atomic E-state index is 0.202. The lowest BCUT2D eigenvalue weighted by atomic mass is 10.1. The lowest BCUT2D eigenvalue weighted by Gasteiger charge is -2.08. The Labute approximate surface area is 158 Å². The van der Waals surface area contributed by atoms with Crippen LogP contribution in [0.1, 0.15) is 18.4 Å². The van der Waals surface area contributed by atoms with Gasteiger partial charge < -0.3 is 9.26 Å². The molecule has 0 unspecified atom stereocenters. The van der Waals surface area contributed by atoms with Gasteiger partial charge in [-0.25, -0.2) is 9.67 Å². The van der Waals surface area contributed by atoms with Crippen LogP contribution in [0.15, 0.2) is 41.2 Å². The molecule has 0 aliphatic carbocycles. The van der Waals surface area contributed by atoms with Crippen LogP contribution in [-0.2, 0) is 13.2 Å². The smallest absolute Gasteiger partial charge is 0.339 e. The first-order valence-electron chi connectivity index (χ1n) is 8.82. The monoisotopic (exact) mass is 376 g/mol. The molecule has 0 bridgehead atoms. The molecular formula is C18H16N8O2. The van der Waals surface area contributed by atoms with Gasteiger partial charge in [0.2, 0.25) is 0 Å². The van der Waals surface area contributed by atoms with Crippen LogP contribution < -0.4 is 4.74 Å². The van der Waals surface area contributed by atoms with Crippen LogP contribution in [0.2, 0.25) is 0 Å². The van der Waals surface area contributed by atoms with E-state index in [1.165, 1.54) is 6.33 Å². The van der Waals surface area contributed by atoms with Crippen molar-refractivity contribution in [2.24, 2.45) is 0 Å². The van der Waals surface area contributed by atoms with E-state index in [2.05, 4.69) is 25.4 Å². The Hall–Kier alpha value is -3.82. The lowest BCUT2D eigenvalue weighted by Crippen LogP contribution is -2.06. The quantitative estimate of drug-likeness (QED) is 0.460. The van der Waals surface area contributed by atoms with E-state index in [9.17, 15) is 0 Å². The molecule has 0 spiro atoms. The average Bonchev–Trinajstić information content (AvgIpc) is 3.45. The number of aryl methyl sites for hydroxylation is 2. The van der Waals surface area contributed by atoms with Crippen molar-refractivity contribution in [2.45, 2.75) is 27.0 Å². The molecule has 0 atom stereocenters. The van der Waals surface area contributed by atoms with Gasteiger partial charge in [-0.3, -0.25) is 0 Å². The Balaban J connectivity index is 1.66. The average molecular weight is 376 g/mol. The second-order valence-corrected chi connectivity index (χ2v) is 6.23. The summed E-state index contributed by atoms with van der Waals surface area (Å²) in [5.74, 6) is 1.39. The van der Waals surface area contributed by atoms with Crippen LogP contribution in [0.5, 0.6) is 6.01 Å². The summed E-state index contributed by atoms with van der Waals surface area (Å²) >= 11 is 0. The Bertz CT molecular complexity index is 1290. The van der Waals surface area contributed by atoms with Crippen LogP contribution in [0.4, 0.5) is 0 Å². The molecule has 0 radical (unpaired) electrons. The molecule has 0 amide bonds. The molecule has 4 heterocycles. The zero-order chi connectivity index (χ0) is 19.1. The SMILES string of the molecule is CCn1ncnc1-c1nn2c(OCc3cc(C)on3)nnc2c2ccccc12. The molecule has 10 nitrogen and oxygen atoms in total. The standard InChI is InChI=1S/C18H16N8O2/c1-3-25-17(19-10-20-25)15-13-6-4-5-7-14(13)16-21-22-18(26(16)23-15)27-9-12-8-11(2)28-24-12/h4-8,10H,3,9H2,1-2H3. The molecule has 0 aliphatic rings. The maximum Gasteiger partial charge on any atom is 0.339 e.